The Kier molecular flexibility index (Phi) is 8.98. The third-order valence-corrected chi connectivity index (χ3v) is 10.5. The number of nitrogens with one attached hydrogen (secondary N) is 3. The van der Waals surface area contributed by atoms with Crippen LogP contribution in [0.1, 0.15) is 40.7 Å². The van der Waals surface area contributed by atoms with E-state index >= 15 is 0 Å². The molecule has 0 unspecified atom stereocenters. The maximum absolute atomic E-state index is 13.0. The first-order valence-corrected chi connectivity index (χ1v) is 16.8. The monoisotopic (exact) mass is 670 g/mol. The van der Waals surface area contributed by atoms with Gasteiger partial charge in [-0.15, -0.1) is 0 Å². The summed E-state index contributed by atoms with van der Waals surface area (Å²) < 4.78 is 29.2. The first-order valence-electron chi connectivity index (χ1n) is 14.4. The Balaban J connectivity index is 1.46. The van der Waals surface area contributed by atoms with Gasteiger partial charge in [0.15, 0.2) is 5.65 Å². The standard InChI is InChI=1S/C30H39BrN8O3S/c1-7-43(41,42)38-13-11-21(17-38)34-26-24(31)16-33-29-27(26)35-28(36-29)23-15-18(2)39(20(23)4)25-10-8-9-22(19(25)3)30(40)32-12-14-37(5)6/h8-10,15-16,21H,7,11-14,17H2,1-6H3,(H,32,40)(H2,33,34,35,36)/t21-/m0/s1. The van der Waals surface area contributed by atoms with Crippen molar-refractivity contribution in [3.05, 3.63) is 57.4 Å². The second kappa shape index (κ2) is 12.4. The van der Waals surface area contributed by atoms with Crippen LogP contribution in [0.25, 0.3) is 28.2 Å². The SMILES string of the molecule is CCS(=O)(=O)N1CC[C@H](Nc2c(Br)cnc3nc(-c4cc(C)n(-c5cccc(C(=O)NCCN(C)C)c5C)c4C)[nH]c23)C1. The number of benzene rings is 1. The van der Waals surface area contributed by atoms with Gasteiger partial charge in [0.25, 0.3) is 5.91 Å². The summed E-state index contributed by atoms with van der Waals surface area (Å²) in [4.78, 5) is 27.9. The van der Waals surface area contributed by atoms with Gasteiger partial charge in [0.2, 0.25) is 10.0 Å². The van der Waals surface area contributed by atoms with Crippen LogP contribution in [0.3, 0.4) is 0 Å². The van der Waals surface area contributed by atoms with Crippen LogP contribution in [0.2, 0.25) is 0 Å². The number of H-pyrrole nitrogens is 1. The predicted octanol–water partition coefficient (Wildman–Crippen LogP) is 4.23. The molecular weight excluding hydrogens is 632 g/mol. The van der Waals surface area contributed by atoms with Crippen LogP contribution in [0.15, 0.2) is 34.9 Å². The van der Waals surface area contributed by atoms with Crippen molar-refractivity contribution in [1.82, 2.24) is 34.0 Å². The van der Waals surface area contributed by atoms with Gasteiger partial charge in [-0.2, -0.15) is 4.31 Å². The zero-order valence-corrected chi connectivity index (χ0v) is 27.9. The molecule has 1 saturated heterocycles. The van der Waals surface area contributed by atoms with Crippen LogP contribution in [0.4, 0.5) is 5.69 Å². The van der Waals surface area contributed by atoms with Crippen molar-refractivity contribution in [3.63, 3.8) is 0 Å². The maximum Gasteiger partial charge on any atom is 0.251 e. The van der Waals surface area contributed by atoms with E-state index in [9.17, 15) is 13.2 Å². The number of hydrogen-bond donors (Lipinski definition) is 3. The zero-order chi connectivity index (χ0) is 31.1. The lowest BCUT2D eigenvalue weighted by molar-refractivity contribution is 0.0950. The average Bonchev–Trinajstić information content (AvgIpc) is 3.68. The van der Waals surface area contributed by atoms with E-state index in [0.29, 0.717) is 43.1 Å². The summed E-state index contributed by atoms with van der Waals surface area (Å²) in [7, 11) is 0.725. The van der Waals surface area contributed by atoms with Crippen molar-refractivity contribution in [3.8, 4) is 17.1 Å². The Bertz CT molecular complexity index is 1780. The minimum absolute atomic E-state index is 0.0321. The first-order chi connectivity index (χ1) is 20.4. The average molecular weight is 672 g/mol. The van der Waals surface area contributed by atoms with Crippen molar-refractivity contribution in [2.45, 2.75) is 40.2 Å². The highest BCUT2D eigenvalue weighted by atomic mass is 79.9. The molecule has 0 bridgehead atoms. The number of hydrogen-bond acceptors (Lipinski definition) is 7. The van der Waals surface area contributed by atoms with E-state index in [2.05, 4.69) is 47.2 Å². The molecule has 0 radical (unpaired) electrons. The Morgan fingerprint density at radius 1 is 1.23 bits per heavy atom. The number of anilines is 1. The minimum atomic E-state index is -3.23. The molecule has 230 valence electrons. The second-order valence-electron chi connectivity index (χ2n) is 11.3. The molecule has 11 nitrogen and oxygen atoms in total. The molecule has 0 spiro atoms. The number of aromatic amines is 1. The summed E-state index contributed by atoms with van der Waals surface area (Å²) in [6.45, 7) is 9.99. The molecule has 1 fully saturated rings. The molecule has 13 heteroatoms. The highest BCUT2D eigenvalue weighted by Gasteiger charge is 2.31. The lowest BCUT2D eigenvalue weighted by Gasteiger charge is -2.17. The van der Waals surface area contributed by atoms with Gasteiger partial charge in [-0.05, 0) is 87.9 Å². The third-order valence-electron chi connectivity index (χ3n) is 8.05. The Hall–Kier alpha value is -3.26. The van der Waals surface area contributed by atoms with Gasteiger partial charge in [0, 0.05) is 66.6 Å². The van der Waals surface area contributed by atoms with E-state index in [1.54, 1.807) is 17.4 Å². The smallest absolute Gasteiger partial charge is 0.251 e. The number of halogens is 1. The summed E-state index contributed by atoms with van der Waals surface area (Å²) in [6, 6.07) is 7.85. The van der Waals surface area contributed by atoms with E-state index < -0.39 is 10.0 Å². The molecule has 0 aliphatic carbocycles. The van der Waals surface area contributed by atoms with Crippen molar-refractivity contribution in [2.24, 2.45) is 0 Å². The third kappa shape index (κ3) is 6.21. The molecule has 3 aromatic heterocycles. The van der Waals surface area contributed by atoms with Crippen LogP contribution < -0.4 is 10.6 Å². The number of aryl methyl sites for hydroxylation is 1. The fourth-order valence-corrected chi connectivity index (χ4v) is 7.23. The van der Waals surface area contributed by atoms with Gasteiger partial charge in [0.05, 0.1) is 15.9 Å². The summed E-state index contributed by atoms with van der Waals surface area (Å²) >= 11 is 3.62. The lowest BCUT2D eigenvalue weighted by atomic mass is 10.1. The van der Waals surface area contributed by atoms with E-state index in [0.717, 1.165) is 50.4 Å². The summed E-state index contributed by atoms with van der Waals surface area (Å²) in [6.07, 6.45) is 2.43. The molecule has 1 aromatic carbocycles. The molecule has 43 heavy (non-hydrogen) atoms. The highest BCUT2D eigenvalue weighted by Crippen LogP contribution is 2.35. The summed E-state index contributed by atoms with van der Waals surface area (Å²) in [5, 5.41) is 6.55. The molecule has 4 aromatic rings. The fourth-order valence-electron chi connectivity index (χ4n) is 5.66. The van der Waals surface area contributed by atoms with Crippen molar-refractivity contribution >= 4 is 48.7 Å². The normalized spacial score (nSPS) is 16.0. The van der Waals surface area contributed by atoms with E-state index in [-0.39, 0.29) is 17.7 Å². The number of sulfonamides is 1. The quantitative estimate of drug-likeness (QED) is 0.230. The number of imidazole rings is 1. The number of carbonyl (C=O) groups excluding carboxylic acids is 1. The topological polar surface area (TPSA) is 128 Å². The number of carbonyl (C=O) groups is 1. The number of aromatic nitrogens is 4. The van der Waals surface area contributed by atoms with Gasteiger partial charge < -0.3 is 25.1 Å². The van der Waals surface area contributed by atoms with Crippen molar-refractivity contribution in [1.29, 1.82) is 0 Å². The molecule has 3 N–H and O–H groups in total. The van der Waals surface area contributed by atoms with Crippen LogP contribution in [0, 0.1) is 20.8 Å². The zero-order valence-electron chi connectivity index (χ0n) is 25.5. The van der Waals surface area contributed by atoms with Crippen LogP contribution in [-0.2, 0) is 10.0 Å². The molecule has 1 aliphatic rings. The van der Waals surface area contributed by atoms with Crippen LogP contribution >= 0.6 is 15.9 Å². The van der Waals surface area contributed by atoms with Gasteiger partial charge in [0.1, 0.15) is 11.3 Å². The number of likely N-dealkylation sites (N-methyl/N-ethyl adjacent to an activating group) is 1. The number of amides is 1. The first kappa shape index (κ1) is 31.2. The molecule has 0 saturated carbocycles. The molecular formula is C30H39BrN8O3S. The largest absolute Gasteiger partial charge is 0.378 e. The lowest BCUT2D eigenvalue weighted by Crippen LogP contribution is -2.32. The Labute approximate surface area is 261 Å². The number of nitrogens with zero attached hydrogens (tertiary/aromatic N) is 5. The number of pyridine rings is 1. The molecule has 1 atom stereocenters. The minimum Gasteiger partial charge on any atom is -0.378 e. The van der Waals surface area contributed by atoms with Gasteiger partial charge in [-0.1, -0.05) is 6.07 Å². The maximum atomic E-state index is 13.0. The number of rotatable bonds is 10. The molecule has 4 heterocycles. The van der Waals surface area contributed by atoms with Gasteiger partial charge in [-0.3, -0.25) is 4.79 Å². The molecule has 1 aliphatic heterocycles. The van der Waals surface area contributed by atoms with E-state index in [1.807, 2.05) is 58.0 Å². The highest BCUT2D eigenvalue weighted by molar-refractivity contribution is 9.10. The Morgan fingerprint density at radius 2 is 2.00 bits per heavy atom. The summed E-state index contributed by atoms with van der Waals surface area (Å²) in [5.41, 5.74) is 7.53. The van der Waals surface area contributed by atoms with E-state index in [1.165, 1.54) is 0 Å². The van der Waals surface area contributed by atoms with Crippen LogP contribution in [-0.4, -0.2) is 95.1 Å². The fraction of sp³-hybridized carbons (Fsp3) is 0.433. The Morgan fingerprint density at radius 3 is 2.72 bits per heavy atom. The van der Waals surface area contributed by atoms with Gasteiger partial charge >= 0.3 is 0 Å². The van der Waals surface area contributed by atoms with Crippen LogP contribution in [0.5, 0.6) is 0 Å². The predicted molar refractivity (Wildman–Crippen MR) is 175 cm³/mol. The number of fused-ring (bicyclic) bond motifs is 1. The van der Waals surface area contributed by atoms with Crippen molar-refractivity contribution in [2.75, 3.05) is 51.3 Å². The molecule has 5 rings (SSSR count). The van der Waals surface area contributed by atoms with Crippen molar-refractivity contribution < 1.29 is 13.2 Å². The summed E-state index contributed by atoms with van der Waals surface area (Å²) in [5.74, 6) is 0.689. The van der Waals surface area contributed by atoms with Gasteiger partial charge in [-0.25, -0.2) is 18.4 Å². The van der Waals surface area contributed by atoms with E-state index in [4.69, 9.17) is 4.98 Å². The second-order valence-corrected chi connectivity index (χ2v) is 14.4. The molecule has 1 amide bonds.